The molecule has 0 atom stereocenters. The fraction of sp³-hybridized carbons (Fsp3) is 0.667. The molecule has 1 aromatic heterocycles. The van der Waals surface area contributed by atoms with Crippen molar-refractivity contribution < 1.29 is 38.9 Å². The predicted octanol–water partition coefficient (Wildman–Crippen LogP) is -0.569. The van der Waals surface area contributed by atoms with Crippen LogP contribution >= 0.6 is 35.3 Å². The van der Waals surface area contributed by atoms with Crippen LogP contribution in [0.2, 0.25) is 0 Å². The molecule has 157 valence electrons. The van der Waals surface area contributed by atoms with E-state index in [0.29, 0.717) is 0 Å². The normalized spacial score (nSPS) is 12.5. The average Bonchev–Trinajstić information content (AvgIpc) is 2.43. The fourth-order valence-electron chi connectivity index (χ4n) is 1.23. The Morgan fingerprint density at radius 1 is 0.571 bits per heavy atom. The molecule has 0 aliphatic rings. The molecule has 0 aliphatic heterocycles. The van der Waals surface area contributed by atoms with Gasteiger partial charge in [0.15, 0.2) is 15.5 Å². The molecule has 12 nitrogen and oxygen atoms in total. The third kappa shape index (κ3) is 15.6. The van der Waals surface area contributed by atoms with Crippen LogP contribution in [0.15, 0.2) is 15.5 Å². The van der Waals surface area contributed by atoms with Crippen LogP contribution < -0.4 is 0 Å². The molecular formula is C9H15N3NaO9S6. The minimum Gasteiger partial charge on any atom is -0.286 e. The summed E-state index contributed by atoms with van der Waals surface area (Å²) in [7, 11) is -12.5. The Kier molecular flexibility index (Phi) is 13.0. The van der Waals surface area contributed by atoms with Crippen LogP contribution in [-0.2, 0) is 30.4 Å². The molecule has 1 heterocycles. The molecule has 3 N–H and O–H groups in total. The summed E-state index contributed by atoms with van der Waals surface area (Å²) in [4.78, 5) is 12.0. The number of hydrogen-bond acceptors (Lipinski definition) is 12. The molecule has 1 aromatic rings. The molecule has 0 unspecified atom stereocenters. The SMILES string of the molecule is O=S(=O)(O)CCSc1nc(SCCS(=O)(=O)O)nc(SCCS(=O)(=O)O)n1.[Na]. The van der Waals surface area contributed by atoms with E-state index in [-0.39, 0.29) is 62.3 Å². The molecule has 19 heteroatoms. The Balaban J connectivity index is 0.00000729. The second kappa shape index (κ2) is 12.6. The molecule has 0 aromatic carbocycles. The van der Waals surface area contributed by atoms with Crippen LogP contribution in [0.1, 0.15) is 0 Å². The van der Waals surface area contributed by atoms with Crippen molar-refractivity contribution in [3.8, 4) is 0 Å². The van der Waals surface area contributed by atoms with Gasteiger partial charge in [-0.3, -0.25) is 13.7 Å². The van der Waals surface area contributed by atoms with Crippen LogP contribution in [0.5, 0.6) is 0 Å². The summed E-state index contributed by atoms with van der Waals surface area (Å²) in [6.45, 7) is 0. The first-order valence-electron chi connectivity index (χ1n) is 6.73. The molecule has 0 aliphatic carbocycles. The Hall–Kier alpha value is 0.790. The quantitative estimate of drug-likeness (QED) is 0.178. The monoisotopic (exact) mass is 524 g/mol. The van der Waals surface area contributed by atoms with Gasteiger partial charge in [-0.05, 0) is 0 Å². The number of hydrogen-bond donors (Lipinski definition) is 3. The van der Waals surface area contributed by atoms with Gasteiger partial charge in [-0.2, -0.15) is 40.2 Å². The van der Waals surface area contributed by atoms with Crippen molar-refractivity contribution in [3.05, 3.63) is 0 Å². The van der Waals surface area contributed by atoms with Crippen molar-refractivity contribution in [1.82, 2.24) is 15.0 Å². The third-order valence-corrected chi connectivity index (χ3v) is 7.77. The summed E-state index contributed by atoms with van der Waals surface area (Å²) < 4.78 is 90.7. The molecule has 1 rings (SSSR count). The van der Waals surface area contributed by atoms with Gasteiger partial charge in [0.1, 0.15) is 0 Å². The summed E-state index contributed by atoms with van der Waals surface area (Å²) in [5.74, 6) is -1.81. The minimum absolute atomic E-state index is 0. The fourth-order valence-corrected chi connectivity index (χ4v) is 6.38. The van der Waals surface area contributed by atoms with E-state index < -0.39 is 47.6 Å². The van der Waals surface area contributed by atoms with Gasteiger partial charge in [-0.15, -0.1) is 0 Å². The molecule has 1 radical (unpaired) electrons. The zero-order chi connectivity index (χ0) is 20.7. The number of aromatic nitrogens is 3. The maximum absolute atomic E-state index is 10.7. The first-order valence-corrected chi connectivity index (χ1v) is 14.5. The Morgan fingerprint density at radius 2 is 0.786 bits per heavy atom. The van der Waals surface area contributed by atoms with Gasteiger partial charge in [0.2, 0.25) is 0 Å². The van der Waals surface area contributed by atoms with Gasteiger partial charge in [0.05, 0.1) is 17.3 Å². The second-order valence-electron chi connectivity index (χ2n) is 4.59. The van der Waals surface area contributed by atoms with Crippen molar-refractivity contribution in [2.75, 3.05) is 34.5 Å². The van der Waals surface area contributed by atoms with E-state index in [0.717, 1.165) is 35.3 Å². The maximum atomic E-state index is 10.7. The van der Waals surface area contributed by atoms with Crippen molar-refractivity contribution in [1.29, 1.82) is 0 Å². The van der Waals surface area contributed by atoms with Crippen molar-refractivity contribution in [2.24, 2.45) is 0 Å². The van der Waals surface area contributed by atoms with Crippen LogP contribution in [0, 0.1) is 0 Å². The number of thioether (sulfide) groups is 3. The molecule has 0 fully saturated rings. The first-order chi connectivity index (χ1) is 12.2. The Labute approximate surface area is 197 Å². The third-order valence-electron chi connectivity index (χ3n) is 2.29. The number of nitrogens with zero attached hydrogens (tertiary/aromatic N) is 3. The summed E-state index contributed by atoms with van der Waals surface area (Å²) in [5, 5.41) is 0.243. The van der Waals surface area contributed by atoms with Crippen LogP contribution in [0.4, 0.5) is 0 Å². The molecule has 0 amide bonds. The summed E-state index contributed by atoms with van der Waals surface area (Å²) in [6.07, 6.45) is 0. The predicted molar refractivity (Wildman–Crippen MR) is 107 cm³/mol. The smallest absolute Gasteiger partial charge is 0.265 e. The van der Waals surface area contributed by atoms with Gasteiger partial charge < -0.3 is 0 Å². The summed E-state index contributed by atoms with van der Waals surface area (Å²) >= 11 is 2.67. The molecular weight excluding hydrogens is 510 g/mol. The number of rotatable bonds is 12. The molecule has 0 spiro atoms. The molecule has 0 saturated heterocycles. The van der Waals surface area contributed by atoms with Gasteiger partial charge in [-0.1, -0.05) is 35.3 Å². The summed E-state index contributed by atoms with van der Waals surface area (Å²) in [6, 6.07) is 0. The van der Waals surface area contributed by atoms with Gasteiger partial charge in [0, 0.05) is 46.8 Å². The van der Waals surface area contributed by atoms with E-state index in [1.54, 1.807) is 0 Å². The van der Waals surface area contributed by atoms with Gasteiger partial charge >= 0.3 is 0 Å². The maximum Gasteiger partial charge on any atom is 0.265 e. The van der Waals surface area contributed by atoms with Crippen molar-refractivity contribution >= 4 is 95.2 Å². The standard InChI is InChI=1S/C9H15N3O9S6.Na/c13-25(14,15)4-1-22-7-10-8(23-2-5-26(16,17)18)12-9(11-7)24-3-6-27(19,20)21;/h1-6H2,(H,13,14,15)(H,16,17,18)(H,19,20,21);. The van der Waals surface area contributed by atoms with Crippen LogP contribution in [0.25, 0.3) is 0 Å². The Bertz CT molecular complexity index is 817. The van der Waals surface area contributed by atoms with E-state index in [1.807, 2.05) is 0 Å². The minimum atomic E-state index is -4.17. The zero-order valence-electron chi connectivity index (χ0n) is 14.3. The van der Waals surface area contributed by atoms with Gasteiger partial charge in [-0.25, -0.2) is 0 Å². The van der Waals surface area contributed by atoms with E-state index >= 15 is 0 Å². The van der Waals surface area contributed by atoms with Crippen LogP contribution in [0.3, 0.4) is 0 Å². The van der Waals surface area contributed by atoms with E-state index in [4.69, 9.17) is 13.7 Å². The van der Waals surface area contributed by atoms with E-state index in [9.17, 15) is 25.3 Å². The van der Waals surface area contributed by atoms with E-state index in [2.05, 4.69) is 15.0 Å². The average molecular weight is 525 g/mol. The van der Waals surface area contributed by atoms with E-state index in [1.165, 1.54) is 0 Å². The summed E-state index contributed by atoms with van der Waals surface area (Å²) in [5.41, 5.74) is 0. The zero-order valence-corrected chi connectivity index (χ0v) is 21.2. The second-order valence-corrected chi connectivity index (χ2v) is 12.5. The molecule has 0 bridgehead atoms. The van der Waals surface area contributed by atoms with Crippen molar-refractivity contribution in [3.63, 3.8) is 0 Å². The topological polar surface area (TPSA) is 202 Å². The molecule has 0 saturated carbocycles. The van der Waals surface area contributed by atoms with Crippen LogP contribution in [-0.4, -0.2) is 118 Å². The first kappa shape index (κ1) is 28.8. The Morgan fingerprint density at radius 3 is 0.964 bits per heavy atom. The largest absolute Gasteiger partial charge is 0.286 e. The van der Waals surface area contributed by atoms with Crippen molar-refractivity contribution in [2.45, 2.75) is 15.5 Å². The molecule has 28 heavy (non-hydrogen) atoms. The van der Waals surface area contributed by atoms with Gasteiger partial charge in [0.25, 0.3) is 30.4 Å².